The van der Waals surface area contributed by atoms with E-state index in [1.165, 1.54) is 10.4 Å². The average Bonchev–Trinajstić information content (AvgIpc) is 3.09. The molecule has 0 aliphatic rings. The third-order valence-electron chi connectivity index (χ3n) is 4.27. The Morgan fingerprint density at radius 1 is 1.17 bits per heavy atom. The van der Waals surface area contributed by atoms with Gasteiger partial charge in [-0.15, -0.1) is 11.3 Å². The minimum Gasteiger partial charge on any atom is -0.341 e. The van der Waals surface area contributed by atoms with Crippen LogP contribution < -0.4 is 5.32 Å². The van der Waals surface area contributed by atoms with Crippen LogP contribution in [0.2, 0.25) is 0 Å². The van der Waals surface area contributed by atoms with Gasteiger partial charge in [-0.05, 0) is 61.0 Å². The molecule has 0 aliphatic carbocycles. The molecule has 0 saturated heterocycles. The van der Waals surface area contributed by atoms with Crippen LogP contribution in [0.3, 0.4) is 0 Å². The molecule has 1 N–H and O–H groups in total. The molecule has 2 nitrogen and oxygen atoms in total. The summed E-state index contributed by atoms with van der Waals surface area (Å²) in [5.41, 5.74) is 2.42. The summed E-state index contributed by atoms with van der Waals surface area (Å²) in [6, 6.07) is 13.0. The van der Waals surface area contributed by atoms with Gasteiger partial charge in [-0.3, -0.25) is 0 Å². The molecule has 0 bridgehead atoms. The average molecular weight is 361 g/mol. The molecule has 24 heavy (non-hydrogen) atoms. The minimum atomic E-state index is 0.289. The maximum absolute atomic E-state index is 5.79. The Labute approximate surface area is 155 Å². The lowest BCUT2D eigenvalue weighted by atomic mass is 10.1. The Morgan fingerprint density at radius 3 is 2.54 bits per heavy atom. The van der Waals surface area contributed by atoms with Gasteiger partial charge in [0.15, 0.2) is 5.11 Å². The molecule has 1 aromatic heterocycles. The van der Waals surface area contributed by atoms with Crippen molar-refractivity contribution in [2.24, 2.45) is 5.92 Å². The number of rotatable bonds is 7. The molecule has 4 heteroatoms. The van der Waals surface area contributed by atoms with Crippen molar-refractivity contribution in [1.82, 2.24) is 4.90 Å². The lowest BCUT2D eigenvalue weighted by molar-refractivity contribution is 0.321. The number of thiocarbonyl (C=S) groups is 1. The van der Waals surface area contributed by atoms with Gasteiger partial charge in [0.2, 0.25) is 0 Å². The van der Waals surface area contributed by atoms with E-state index >= 15 is 0 Å². The van der Waals surface area contributed by atoms with Crippen molar-refractivity contribution in [1.29, 1.82) is 0 Å². The Bertz CT molecular complexity index is 635. The second-order valence-electron chi connectivity index (χ2n) is 6.51. The molecule has 0 unspecified atom stereocenters. The summed E-state index contributed by atoms with van der Waals surface area (Å²) in [4.78, 5) is 3.68. The maximum atomic E-state index is 5.79. The number of hydrogen-bond donors (Lipinski definition) is 1. The van der Waals surface area contributed by atoms with Gasteiger partial charge in [0.1, 0.15) is 0 Å². The first-order valence-corrected chi connectivity index (χ1v) is 10.0. The van der Waals surface area contributed by atoms with Crippen LogP contribution in [0.15, 0.2) is 41.8 Å². The molecule has 0 amide bonds. The quantitative estimate of drug-likeness (QED) is 0.599. The van der Waals surface area contributed by atoms with Gasteiger partial charge in [0, 0.05) is 17.1 Å². The Balaban J connectivity index is 2.17. The second kappa shape index (κ2) is 9.19. The molecular weight excluding hydrogens is 332 g/mol. The van der Waals surface area contributed by atoms with Gasteiger partial charge < -0.3 is 10.2 Å². The third-order valence-corrected chi connectivity index (χ3v) is 5.65. The Morgan fingerprint density at radius 2 is 1.92 bits per heavy atom. The van der Waals surface area contributed by atoms with Gasteiger partial charge in [-0.2, -0.15) is 0 Å². The fourth-order valence-corrected chi connectivity index (χ4v) is 3.84. The number of para-hydroxylation sites is 1. The molecule has 1 aromatic carbocycles. The highest BCUT2D eigenvalue weighted by Crippen LogP contribution is 2.27. The smallest absolute Gasteiger partial charge is 0.173 e. The van der Waals surface area contributed by atoms with Crippen LogP contribution in [0.25, 0.3) is 0 Å². The zero-order valence-electron chi connectivity index (χ0n) is 15.1. The van der Waals surface area contributed by atoms with E-state index < -0.39 is 0 Å². The molecule has 1 heterocycles. The fourth-order valence-electron chi connectivity index (χ4n) is 2.69. The zero-order chi connectivity index (χ0) is 17.5. The Hall–Kier alpha value is -1.39. The van der Waals surface area contributed by atoms with E-state index in [-0.39, 0.29) is 6.04 Å². The fraction of sp³-hybridized carbons (Fsp3) is 0.450. The first-order chi connectivity index (χ1) is 11.5. The molecule has 0 aliphatic heterocycles. The molecule has 130 valence electrons. The van der Waals surface area contributed by atoms with Crippen LogP contribution in [0, 0.1) is 5.92 Å². The maximum Gasteiger partial charge on any atom is 0.173 e. The van der Waals surface area contributed by atoms with Gasteiger partial charge in [-0.25, -0.2) is 0 Å². The summed E-state index contributed by atoms with van der Waals surface area (Å²) in [5.74, 6) is 0.661. The first-order valence-electron chi connectivity index (χ1n) is 8.71. The number of nitrogens with one attached hydrogen (secondary N) is 1. The molecule has 0 fully saturated rings. The molecule has 0 radical (unpaired) electrons. The molecule has 1 atom stereocenters. The van der Waals surface area contributed by atoms with Crippen LogP contribution in [0.4, 0.5) is 5.69 Å². The van der Waals surface area contributed by atoms with Crippen molar-refractivity contribution in [2.45, 2.75) is 46.6 Å². The van der Waals surface area contributed by atoms with Gasteiger partial charge >= 0.3 is 0 Å². The summed E-state index contributed by atoms with van der Waals surface area (Å²) in [6.07, 6.45) is 2.13. The summed E-state index contributed by atoms with van der Waals surface area (Å²) >= 11 is 7.58. The lowest BCUT2D eigenvalue weighted by Crippen LogP contribution is -2.38. The normalized spacial score (nSPS) is 12.2. The van der Waals surface area contributed by atoms with E-state index in [1.807, 2.05) is 0 Å². The van der Waals surface area contributed by atoms with Gasteiger partial charge in [0.25, 0.3) is 0 Å². The molecule has 2 rings (SSSR count). The highest BCUT2D eigenvalue weighted by atomic mass is 32.1. The molecular formula is C20H28N2S2. The highest BCUT2D eigenvalue weighted by Gasteiger charge is 2.20. The summed E-state index contributed by atoms with van der Waals surface area (Å²) < 4.78 is 0. The number of benzene rings is 1. The lowest BCUT2D eigenvalue weighted by Gasteiger charge is -2.32. The highest BCUT2D eigenvalue weighted by molar-refractivity contribution is 7.80. The van der Waals surface area contributed by atoms with E-state index in [1.54, 1.807) is 11.3 Å². The van der Waals surface area contributed by atoms with Gasteiger partial charge in [-0.1, -0.05) is 45.0 Å². The number of anilines is 1. The van der Waals surface area contributed by atoms with Crippen molar-refractivity contribution in [3.8, 4) is 0 Å². The monoisotopic (exact) mass is 360 g/mol. The number of hydrogen-bond acceptors (Lipinski definition) is 2. The number of nitrogens with zero attached hydrogens (tertiary/aromatic N) is 1. The van der Waals surface area contributed by atoms with E-state index in [0.717, 1.165) is 30.2 Å². The van der Waals surface area contributed by atoms with Gasteiger partial charge in [0.05, 0.1) is 6.04 Å². The largest absolute Gasteiger partial charge is 0.341 e. The van der Waals surface area contributed by atoms with Crippen molar-refractivity contribution in [3.05, 3.63) is 52.2 Å². The SMILES string of the molecule is CCc1ccccc1NC(=S)N(CCC(C)C)[C@@H](C)c1cccs1. The van der Waals surface area contributed by atoms with Crippen LogP contribution in [-0.2, 0) is 6.42 Å². The van der Waals surface area contributed by atoms with Crippen LogP contribution in [0.5, 0.6) is 0 Å². The summed E-state index contributed by atoms with van der Waals surface area (Å²) in [6.45, 7) is 9.91. The van der Waals surface area contributed by atoms with E-state index in [0.29, 0.717) is 5.92 Å². The third kappa shape index (κ3) is 5.05. The zero-order valence-corrected chi connectivity index (χ0v) is 16.7. The minimum absolute atomic E-state index is 0.289. The van der Waals surface area contributed by atoms with Crippen LogP contribution >= 0.6 is 23.6 Å². The van der Waals surface area contributed by atoms with Crippen molar-refractivity contribution >= 4 is 34.4 Å². The number of thiophene rings is 1. The van der Waals surface area contributed by atoms with E-state index in [4.69, 9.17) is 12.2 Å². The van der Waals surface area contributed by atoms with Crippen LogP contribution in [0.1, 0.15) is 50.6 Å². The van der Waals surface area contributed by atoms with E-state index in [2.05, 4.69) is 79.7 Å². The Kier molecular flexibility index (Phi) is 7.25. The van der Waals surface area contributed by atoms with Crippen molar-refractivity contribution < 1.29 is 0 Å². The predicted octanol–water partition coefficient (Wildman–Crippen LogP) is 6.12. The second-order valence-corrected chi connectivity index (χ2v) is 7.87. The van der Waals surface area contributed by atoms with Crippen molar-refractivity contribution in [2.75, 3.05) is 11.9 Å². The topological polar surface area (TPSA) is 15.3 Å². The predicted molar refractivity (Wildman–Crippen MR) is 111 cm³/mol. The molecule has 0 spiro atoms. The standard InChI is InChI=1S/C20H28N2S2/c1-5-17-9-6-7-10-18(17)21-20(23)22(13-12-15(2)3)16(4)19-11-8-14-24-19/h6-11,14-16H,5,12-13H2,1-4H3,(H,21,23)/t16-/m0/s1. The molecule has 0 saturated carbocycles. The number of aryl methyl sites for hydroxylation is 1. The van der Waals surface area contributed by atoms with Crippen LogP contribution in [-0.4, -0.2) is 16.6 Å². The molecule has 2 aromatic rings. The van der Waals surface area contributed by atoms with E-state index in [9.17, 15) is 0 Å². The van der Waals surface area contributed by atoms with Crippen molar-refractivity contribution in [3.63, 3.8) is 0 Å². The first kappa shape index (κ1) is 18.9. The summed E-state index contributed by atoms with van der Waals surface area (Å²) in [7, 11) is 0. The summed E-state index contributed by atoms with van der Waals surface area (Å²) in [5, 5.41) is 6.44.